The van der Waals surface area contributed by atoms with Crippen LogP contribution in [0.3, 0.4) is 0 Å². The Kier molecular flexibility index (Phi) is 4.41. The average molecular weight is 331 g/mol. The third-order valence-corrected chi connectivity index (χ3v) is 5.35. The van der Waals surface area contributed by atoms with E-state index < -0.39 is 0 Å². The molecule has 1 N–H and O–H groups in total. The van der Waals surface area contributed by atoms with Crippen LogP contribution in [0.4, 0.5) is 0 Å². The highest BCUT2D eigenvalue weighted by Gasteiger charge is 2.26. The molecule has 1 heterocycles. The second-order valence-corrected chi connectivity index (χ2v) is 7.36. The molecular formula is C19H23ClN2O. The smallest absolute Gasteiger partial charge is 0.138 e. The van der Waals surface area contributed by atoms with Gasteiger partial charge in [-0.25, -0.2) is 0 Å². The summed E-state index contributed by atoms with van der Waals surface area (Å²) in [5.74, 6) is 1.76. The van der Waals surface area contributed by atoms with Crippen molar-refractivity contribution in [3.05, 3.63) is 35.6 Å². The van der Waals surface area contributed by atoms with E-state index in [4.69, 9.17) is 16.3 Å². The Morgan fingerprint density at radius 3 is 2.70 bits per heavy atom. The molecule has 0 radical (unpaired) electrons. The Labute approximate surface area is 142 Å². The summed E-state index contributed by atoms with van der Waals surface area (Å²) < 4.78 is 6.20. The van der Waals surface area contributed by atoms with Crippen molar-refractivity contribution in [2.75, 3.05) is 6.54 Å². The maximum atomic E-state index is 6.38. The number of benzene rings is 1. The van der Waals surface area contributed by atoms with Crippen LogP contribution in [0, 0.1) is 5.92 Å². The summed E-state index contributed by atoms with van der Waals surface area (Å²) in [6.07, 6.45) is 11.4. The molecule has 23 heavy (non-hydrogen) atoms. The Balaban J connectivity index is 1.36. The number of nitrogens with one attached hydrogen (secondary N) is 1. The van der Waals surface area contributed by atoms with Gasteiger partial charge in [0.25, 0.3) is 0 Å². The van der Waals surface area contributed by atoms with Crippen molar-refractivity contribution in [2.45, 2.75) is 50.7 Å². The van der Waals surface area contributed by atoms with Gasteiger partial charge in [0.2, 0.25) is 0 Å². The van der Waals surface area contributed by atoms with Crippen LogP contribution in [-0.2, 0) is 0 Å². The van der Waals surface area contributed by atoms with E-state index in [0.717, 1.165) is 35.3 Å². The highest BCUT2D eigenvalue weighted by atomic mass is 35.5. The molecular weight excluding hydrogens is 308 g/mol. The van der Waals surface area contributed by atoms with Crippen molar-refractivity contribution < 1.29 is 4.74 Å². The first-order valence-electron chi connectivity index (χ1n) is 8.71. The molecule has 0 unspecified atom stereocenters. The number of ether oxygens (including phenoxy) is 1. The molecule has 2 fully saturated rings. The van der Waals surface area contributed by atoms with E-state index in [2.05, 4.69) is 10.3 Å². The number of hydrogen-bond donors (Lipinski definition) is 1. The summed E-state index contributed by atoms with van der Waals surface area (Å²) in [7, 11) is 0. The molecule has 2 saturated carbocycles. The van der Waals surface area contributed by atoms with Crippen molar-refractivity contribution in [1.82, 2.24) is 10.3 Å². The first-order chi connectivity index (χ1) is 11.3. The van der Waals surface area contributed by atoms with Gasteiger partial charge in [-0.3, -0.25) is 4.98 Å². The summed E-state index contributed by atoms with van der Waals surface area (Å²) in [6, 6.07) is 6.66. The van der Waals surface area contributed by atoms with Crippen LogP contribution in [0.25, 0.3) is 10.8 Å². The van der Waals surface area contributed by atoms with Crippen molar-refractivity contribution in [2.24, 2.45) is 5.92 Å². The SMILES string of the molecule is Clc1cc2cnccc2cc1O[C@H]1CC[C@H](NCC2CC2)CC1. The zero-order valence-electron chi connectivity index (χ0n) is 13.3. The van der Waals surface area contributed by atoms with Crippen LogP contribution in [-0.4, -0.2) is 23.7 Å². The fourth-order valence-corrected chi connectivity index (χ4v) is 3.61. The summed E-state index contributed by atoms with van der Waals surface area (Å²) in [4.78, 5) is 4.14. The number of pyridine rings is 1. The maximum absolute atomic E-state index is 6.38. The van der Waals surface area contributed by atoms with E-state index in [1.807, 2.05) is 24.4 Å². The van der Waals surface area contributed by atoms with Crippen molar-refractivity contribution in [3.8, 4) is 5.75 Å². The first-order valence-corrected chi connectivity index (χ1v) is 9.09. The molecule has 2 aliphatic rings. The minimum atomic E-state index is 0.283. The van der Waals surface area contributed by atoms with Crippen LogP contribution >= 0.6 is 11.6 Å². The maximum Gasteiger partial charge on any atom is 0.138 e. The summed E-state index contributed by atoms with van der Waals surface area (Å²) in [5.41, 5.74) is 0. The van der Waals surface area contributed by atoms with Gasteiger partial charge in [-0.2, -0.15) is 0 Å². The summed E-state index contributed by atoms with van der Waals surface area (Å²) in [5, 5.41) is 6.57. The summed E-state index contributed by atoms with van der Waals surface area (Å²) >= 11 is 6.38. The van der Waals surface area contributed by atoms with Crippen molar-refractivity contribution >= 4 is 22.4 Å². The lowest BCUT2D eigenvalue weighted by atomic mass is 9.93. The number of nitrogens with zero attached hydrogens (tertiary/aromatic N) is 1. The molecule has 0 bridgehead atoms. The van der Waals surface area contributed by atoms with E-state index in [9.17, 15) is 0 Å². The molecule has 1 aromatic heterocycles. The molecule has 1 aromatic carbocycles. The number of aromatic nitrogens is 1. The molecule has 4 rings (SSSR count). The highest BCUT2D eigenvalue weighted by Crippen LogP contribution is 2.33. The van der Waals surface area contributed by atoms with Crippen molar-refractivity contribution in [3.63, 3.8) is 0 Å². The zero-order chi connectivity index (χ0) is 15.6. The van der Waals surface area contributed by atoms with Crippen LogP contribution in [0.1, 0.15) is 38.5 Å². The average Bonchev–Trinajstić information content (AvgIpc) is 3.39. The zero-order valence-corrected chi connectivity index (χ0v) is 14.1. The predicted octanol–water partition coefficient (Wildman–Crippen LogP) is 4.58. The predicted molar refractivity (Wildman–Crippen MR) is 94.2 cm³/mol. The standard InChI is InChI=1S/C19H23ClN2O/c20-18-9-15-12-21-8-7-14(15)10-19(18)23-17-5-3-16(4-6-17)22-11-13-1-2-13/h7-10,12-13,16-17,22H,1-6,11H2/t16-,17-. The van der Waals surface area contributed by atoms with Crippen LogP contribution in [0.2, 0.25) is 5.02 Å². The lowest BCUT2D eigenvalue weighted by Crippen LogP contribution is -2.37. The summed E-state index contributed by atoms with van der Waals surface area (Å²) in [6.45, 7) is 1.21. The van der Waals surface area contributed by atoms with Gasteiger partial charge in [0.1, 0.15) is 5.75 Å². The second kappa shape index (κ2) is 6.66. The topological polar surface area (TPSA) is 34.1 Å². The fourth-order valence-electron chi connectivity index (χ4n) is 3.40. The van der Waals surface area contributed by atoms with Gasteiger partial charge >= 0.3 is 0 Å². The number of halogens is 1. The van der Waals surface area contributed by atoms with Gasteiger partial charge in [-0.15, -0.1) is 0 Å². The van der Waals surface area contributed by atoms with E-state index >= 15 is 0 Å². The highest BCUT2D eigenvalue weighted by molar-refractivity contribution is 6.32. The van der Waals surface area contributed by atoms with Gasteiger partial charge in [0.05, 0.1) is 11.1 Å². The molecule has 0 aliphatic heterocycles. The first kappa shape index (κ1) is 15.2. The monoisotopic (exact) mass is 330 g/mol. The second-order valence-electron chi connectivity index (χ2n) is 6.95. The van der Waals surface area contributed by atoms with Crippen LogP contribution < -0.4 is 10.1 Å². The molecule has 122 valence electrons. The van der Waals surface area contributed by atoms with Crippen LogP contribution in [0.5, 0.6) is 5.75 Å². The van der Waals surface area contributed by atoms with Gasteiger partial charge < -0.3 is 10.1 Å². The molecule has 0 saturated heterocycles. The molecule has 0 atom stereocenters. The van der Waals surface area contributed by atoms with Gasteiger partial charge in [0.15, 0.2) is 0 Å². The van der Waals surface area contributed by atoms with Gasteiger partial charge in [-0.1, -0.05) is 11.6 Å². The van der Waals surface area contributed by atoms with E-state index in [-0.39, 0.29) is 6.10 Å². The third kappa shape index (κ3) is 3.78. The molecule has 0 amide bonds. The van der Waals surface area contributed by atoms with E-state index in [1.165, 1.54) is 32.2 Å². The number of fused-ring (bicyclic) bond motifs is 1. The minimum Gasteiger partial charge on any atom is -0.489 e. The largest absolute Gasteiger partial charge is 0.489 e. The minimum absolute atomic E-state index is 0.283. The number of rotatable bonds is 5. The lowest BCUT2D eigenvalue weighted by molar-refractivity contribution is 0.139. The van der Waals surface area contributed by atoms with E-state index in [1.54, 1.807) is 6.20 Å². The molecule has 3 nitrogen and oxygen atoms in total. The molecule has 2 aliphatic carbocycles. The molecule has 2 aromatic rings. The van der Waals surface area contributed by atoms with Crippen molar-refractivity contribution in [1.29, 1.82) is 0 Å². The quantitative estimate of drug-likeness (QED) is 0.871. The Morgan fingerprint density at radius 2 is 1.91 bits per heavy atom. The van der Waals surface area contributed by atoms with Gasteiger partial charge in [0, 0.05) is 23.8 Å². The Hall–Kier alpha value is -1.32. The van der Waals surface area contributed by atoms with E-state index in [0.29, 0.717) is 11.1 Å². The Morgan fingerprint density at radius 1 is 1.09 bits per heavy atom. The molecule has 0 spiro atoms. The Bertz CT molecular complexity index is 678. The van der Waals surface area contributed by atoms with Gasteiger partial charge in [-0.05, 0) is 74.6 Å². The lowest BCUT2D eigenvalue weighted by Gasteiger charge is -2.30. The fraction of sp³-hybridized carbons (Fsp3) is 0.526. The normalized spacial score (nSPS) is 24.7. The van der Waals surface area contributed by atoms with Crippen LogP contribution in [0.15, 0.2) is 30.6 Å². The molecule has 4 heteroatoms. The number of hydrogen-bond acceptors (Lipinski definition) is 3. The third-order valence-electron chi connectivity index (χ3n) is 5.05.